The number of rotatable bonds is 7. The van der Waals surface area contributed by atoms with Crippen molar-refractivity contribution in [3.63, 3.8) is 0 Å². The molecule has 4 aliphatic carbocycles. The molecule has 4 fully saturated rings. The van der Waals surface area contributed by atoms with Crippen molar-refractivity contribution in [2.75, 3.05) is 12.3 Å². The molecule has 202 valence electrons. The topological polar surface area (TPSA) is 144 Å². The van der Waals surface area contributed by atoms with Crippen molar-refractivity contribution >= 4 is 16.0 Å². The van der Waals surface area contributed by atoms with Gasteiger partial charge in [0, 0.05) is 13.0 Å². The van der Waals surface area contributed by atoms with Crippen molar-refractivity contribution in [3.05, 3.63) is 0 Å². The Labute approximate surface area is 210 Å². The normalized spacial score (nSPS) is 46.3. The fraction of sp³-hybridized carbons (Fsp3) is 0.962. The first-order valence-corrected chi connectivity index (χ1v) is 15.1. The van der Waals surface area contributed by atoms with Crippen LogP contribution in [0.15, 0.2) is 0 Å². The minimum absolute atomic E-state index is 0.0479. The molecule has 0 heterocycles. The maximum Gasteiger partial charge on any atom is 0.266 e. The van der Waals surface area contributed by atoms with E-state index in [1.807, 2.05) is 0 Å². The summed E-state index contributed by atoms with van der Waals surface area (Å²) in [5.41, 5.74) is 0.00776. The summed E-state index contributed by atoms with van der Waals surface area (Å²) in [6.45, 7) is 6.75. The van der Waals surface area contributed by atoms with Crippen LogP contribution in [-0.4, -0.2) is 64.8 Å². The van der Waals surface area contributed by atoms with Crippen LogP contribution in [0, 0.1) is 46.3 Å². The molecule has 0 aromatic carbocycles. The van der Waals surface area contributed by atoms with E-state index in [-0.39, 0.29) is 41.2 Å². The van der Waals surface area contributed by atoms with Gasteiger partial charge in [0.2, 0.25) is 5.91 Å². The Bertz CT molecular complexity index is 896. The highest BCUT2D eigenvalue weighted by Gasteiger charge is 2.65. The largest absolute Gasteiger partial charge is 0.393 e. The van der Waals surface area contributed by atoms with Crippen LogP contribution < -0.4 is 5.32 Å². The Morgan fingerprint density at radius 1 is 0.971 bits per heavy atom. The molecule has 5 N–H and O–H groups in total. The van der Waals surface area contributed by atoms with Gasteiger partial charge in [-0.25, -0.2) is 0 Å². The smallest absolute Gasteiger partial charge is 0.266 e. The lowest BCUT2D eigenvalue weighted by Gasteiger charge is -2.63. The van der Waals surface area contributed by atoms with Crippen molar-refractivity contribution in [2.24, 2.45) is 46.3 Å². The summed E-state index contributed by atoms with van der Waals surface area (Å²) in [6, 6.07) is 0. The predicted octanol–water partition coefficient (Wildman–Crippen LogP) is 2.37. The summed E-state index contributed by atoms with van der Waals surface area (Å²) in [6.07, 6.45) is 5.54. The van der Waals surface area contributed by atoms with Gasteiger partial charge in [-0.2, -0.15) is 8.42 Å². The average molecular weight is 516 g/mol. The fourth-order valence-electron chi connectivity index (χ4n) is 9.18. The first-order chi connectivity index (χ1) is 16.3. The van der Waals surface area contributed by atoms with Crippen molar-refractivity contribution in [3.8, 4) is 0 Å². The molecule has 11 atom stereocenters. The molecule has 0 saturated heterocycles. The third kappa shape index (κ3) is 5.05. The summed E-state index contributed by atoms with van der Waals surface area (Å²) in [4.78, 5) is 12.2. The highest BCUT2D eigenvalue weighted by atomic mass is 32.2. The molecule has 1 amide bonds. The van der Waals surface area contributed by atoms with Crippen LogP contribution in [0.5, 0.6) is 0 Å². The Balaban J connectivity index is 1.42. The fourth-order valence-corrected chi connectivity index (χ4v) is 9.54. The number of fused-ring (bicyclic) bond motifs is 5. The lowest BCUT2D eigenvalue weighted by atomic mass is 9.43. The molecule has 35 heavy (non-hydrogen) atoms. The van der Waals surface area contributed by atoms with Gasteiger partial charge in [0.25, 0.3) is 10.1 Å². The second-order valence-electron chi connectivity index (χ2n) is 12.7. The van der Waals surface area contributed by atoms with Crippen LogP contribution in [0.3, 0.4) is 0 Å². The number of aliphatic hydroxyl groups is 3. The zero-order valence-corrected chi connectivity index (χ0v) is 22.2. The van der Waals surface area contributed by atoms with Crippen molar-refractivity contribution in [1.82, 2.24) is 5.32 Å². The van der Waals surface area contributed by atoms with Crippen molar-refractivity contribution in [1.29, 1.82) is 0 Å². The molecule has 2 unspecified atom stereocenters. The van der Waals surface area contributed by atoms with E-state index in [4.69, 9.17) is 4.55 Å². The zero-order chi connectivity index (χ0) is 25.8. The van der Waals surface area contributed by atoms with Gasteiger partial charge >= 0.3 is 0 Å². The van der Waals surface area contributed by atoms with Gasteiger partial charge in [-0.15, -0.1) is 0 Å². The zero-order valence-electron chi connectivity index (χ0n) is 21.4. The SMILES string of the molecule is C[C@H](CCC(=O)NCCS(=O)(=O)O)[C@H]1CC[C@H]2C3C(O)[C@@H](O)[C@@H]4C[C@H](O)CC[C@]4(C)[C@H]3CC[C@]12C. The van der Waals surface area contributed by atoms with Crippen LogP contribution in [0.1, 0.15) is 78.6 Å². The molecule has 4 rings (SSSR count). The average Bonchev–Trinajstić information content (AvgIpc) is 3.13. The summed E-state index contributed by atoms with van der Waals surface area (Å²) in [5, 5.41) is 35.4. The second-order valence-corrected chi connectivity index (χ2v) is 14.3. The van der Waals surface area contributed by atoms with Crippen molar-refractivity contribution < 1.29 is 33.1 Å². The van der Waals surface area contributed by atoms with Gasteiger partial charge in [-0.1, -0.05) is 20.8 Å². The van der Waals surface area contributed by atoms with Gasteiger partial charge in [0.05, 0.1) is 24.1 Å². The summed E-state index contributed by atoms with van der Waals surface area (Å²) in [7, 11) is -4.08. The monoisotopic (exact) mass is 515 g/mol. The molecule has 0 radical (unpaired) electrons. The Morgan fingerprint density at radius 2 is 1.63 bits per heavy atom. The molecular weight excluding hydrogens is 470 g/mol. The number of aliphatic hydroxyl groups excluding tert-OH is 3. The van der Waals surface area contributed by atoms with Crippen LogP contribution >= 0.6 is 0 Å². The van der Waals surface area contributed by atoms with Gasteiger partial charge in [-0.05, 0) is 97.7 Å². The van der Waals surface area contributed by atoms with Gasteiger partial charge in [0.15, 0.2) is 0 Å². The minimum atomic E-state index is -4.08. The van der Waals surface area contributed by atoms with Gasteiger partial charge in [-0.3, -0.25) is 9.35 Å². The first kappa shape index (κ1) is 27.3. The molecule has 8 nitrogen and oxygen atoms in total. The maximum absolute atomic E-state index is 12.2. The van der Waals surface area contributed by atoms with E-state index in [9.17, 15) is 28.5 Å². The Hall–Kier alpha value is -0.740. The molecule has 9 heteroatoms. The van der Waals surface area contributed by atoms with E-state index in [2.05, 4.69) is 26.1 Å². The van der Waals surface area contributed by atoms with Crippen LogP contribution in [0.25, 0.3) is 0 Å². The van der Waals surface area contributed by atoms with E-state index in [0.717, 1.165) is 38.5 Å². The molecular formula is C26H45NO7S. The molecule has 0 spiro atoms. The Morgan fingerprint density at radius 3 is 2.31 bits per heavy atom. The number of hydrogen-bond acceptors (Lipinski definition) is 6. The third-order valence-corrected chi connectivity index (χ3v) is 11.7. The lowest BCUT2D eigenvalue weighted by molar-refractivity contribution is -0.223. The molecule has 0 bridgehead atoms. The third-order valence-electron chi connectivity index (χ3n) is 11.0. The highest BCUT2D eigenvalue weighted by Crippen LogP contribution is 2.68. The van der Waals surface area contributed by atoms with E-state index >= 15 is 0 Å². The van der Waals surface area contributed by atoms with E-state index in [1.165, 1.54) is 0 Å². The second kappa shape index (κ2) is 9.86. The number of carbonyl (C=O) groups is 1. The van der Waals surface area contributed by atoms with Crippen LogP contribution in [0.2, 0.25) is 0 Å². The van der Waals surface area contributed by atoms with Crippen LogP contribution in [-0.2, 0) is 14.9 Å². The summed E-state index contributed by atoms with van der Waals surface area (Å²) >= 11 is 0. The molecule has 0 aromatic rings. The molecule has 0 aliphatic heterocycles. The Kier molecular flexibility index (Phi) is 7.69. The lowest BCUT2D eigenvalue weighted by Crippen LogP contribution is -2.64. The number of nitrogens with one attached hydrogen (secondary N) is 1. The highest BCUT2D eigenvalue weighted by molar-refractivity contribution is 7.85. The number of carbonyl (C=O) groups excluding carboxylic acids is 1. The van der Waals surface area contributed by atoms with Crippen LogP contribution in [0.4, 0.5) is 0 Å². The summed E-state index contributed by atoms with van der Waals surface area (Å²) in [5.74, 6) is 0.781. The van der Waals surface area contributed by atoms with E-state index in [1.54, 1.807) is 0 Å². The quantitative estimate of drug-likeness (QED) is 0.327. The molecule has 4 aliphatic rings. The standard InChI is InChI=1S/C26H45NO7S/c1-15(4-7-21(29)27-12-13-35(32,33)34)17-5-6-18-22-19(9-11-25(17,18)2)26(3)10-8-16(28)14-20(26)23(30)24(22)31/h15-20,22-24,28,30-31H,4-14H2,1-3H3,(H,27,29)(H,32,33,34)/t15-,16-,17-,18+,19+,20+,22?,23+,24?,25-,26-/m1/s1. The van der Waals surface area contributed by atoms with Gasteiger partial charge < -0.3 is 20.6 Å². The molecule has 4 saturated carbocycles. The predicted molar refractivity (Wildman–Crippen MR) is 132 cm³/mol. The van der Waals surface area contributed by atoms with E-state index < -0.39 is 28.1 Å². The number of amides is 1. The molecule has 0 aromatic heterocycles. The summed E-state index contributed by atoms with van der Waals surface area (Å²) < 4.78 is 30.5. The minimum Gasteiger partial charge on any atom is -0.393 e. The first-order valence-electron chi connectivity index (χ1n) is 13.5. The van der Waals surface area contributed by atoms with Crippen molar-refractivity contribution in [2.45, 2.75) is 96.9 Å². The number of hydrogen-bond donors (Lipinski definition) is 5. The maximum atomic E-state index is 12.2. The van der Waals surface area contributed by atoms with E-state index in [0.29, 0.717) is 42.9 Å². The van der Waals surface area contributed by atoms with Gasteiger partial charge in [0.1, 0.15) is 0 Å².